The summed E-state index contributed by atoms with van der Waals surface area (Å²) in [6, 6.07) is 20.6. The van der Waals surface area contributed by atoms with Crippen molar-refractivity contribution in [1.82, 2.24) is 0 Å². The number of allylic oxidation sites excluding steroid dienone is 2. The summed E-state index contributed by atoms with van der Waals surface area (Å²) in [6.45, 7) is 0. The van der Waals surface area contributed by atoms with Gasteiger partial charge in [0.1, 0.15) is 0 Å². The van der Waals surface area contributed by atoms with Gasteiger partial charge in [-0.1, -0.05) is 84.9 Å². The second-order valence-corrected chi connectivity index (χ2v) is 12.2. The van der Waals surface area contributed by atoms with Crippen LogP contribution in [0.2, 0.25) is 12.1 Å². The van der Waals surface area contributed by atoms with Gasteiger partial charge in [-0.05, 0) is 35.1 Å². The Labute approximate surface area is 178 Å². The molecule has 0 N–H and O–H groups in total. The molecule has 2 atom stereocenters. The van der Waals surface area contributed by atoms with Gasteiger partial charge >= 0.3 is 37.9 Å². The first-order valence-electron chi connectivity index (χ1n) is 9.15. The van der Waals surface area contributed by atoms with Crippen molar-refractivity contribution in [2.24, 2.45) is 0 Å². The fourth-order valence-corrected chi connectivity index (χ4v) is 5.37. The van der Waals surface area contributed by atoms with Crippen molar-refractivity contribution in [3.63, 3.8) is 0 Å². The Morgan fingerprint density at radius 1 is 0.731 bits per heavy atom. The van der Waals surface area contributed by atoms with Gasteiger partial charge in [0, 0.05) is 21.4 Å². The van der Waals surface area contributed by atoms with E-state index >= 15 is 0 Å². The molecule has 2 aromatic rings. The first kappa shape index (κ1) is 20.3. The summed E-state index contributed by atoms with van der Waals surface area (Å²) in [6.07, 6.45) is 12.1. The van der Waals surface area contributed by atoms with Crippen molar-refractivity contribution < 1.29 is 20.8 Å². The summed E-state index contributed by atoms with van der Waals surface area (Å²) < 4.78 is 0. The topological polar surface area (TPSA) is 0 Å². The molecule has 0 bridgehead atoms. The van der Waals surface area contributed by atoms with Crippen molar-refractivity contribution in [2.75, 3.05) is 0 Å². The average Bonchev–Trinajstić information content (AvgIpc) is 3.27. The van der Waals surface area contributed by atoms with Crippen LogP contribution in [0.1, 0.15) is 46.9 Å². The van der Waals surface area contributed by atoms with E-state index in [2.05, 4.69) is 72.8 Å². The maximum absolute atomic E-state index is 4.93. The number of hydrogen-bond acceptors (Lipinski definition) is 0. The zero-order chi connectivity index (χ0) is 18.2. The molecule has 2 unspecified atom stereocenters. The SMILES string of the molecule is C1=CC(CC[SiH]CCC2C=Cc3ccccc32)c2ccccc21.[Cl][Zr][Cl]. The molecule has 4 heteroatoms. The van der Waals surface area contributed by atoms with Gasteiger partial charge in [0.15, 0.2) is 0 Å². The predicted molar refractivity (Wildman–Crippen MR) is 114 cm³/mol. The molecular weight excluding hydrogens is 454 g/mol. The van der Waals surface area contributed by atoms with E-state index in [-0.39, 0.29) is 0 Å². The Kier molecular flexibility index (Phi) is 8.46. The molecule has 2 aromatic carbocycles. The van der Waals surface area contributed by atoms with Gasteiger partial charge in [0.05, 0.1) is 0 Å². The molecule has 0 saturated heterocycles. The van der Waals surface area contributed by atoms with Gasteiger partial charge in [-0.2, -0.15) is 0 Å². The Hall–Kier alpha value is -0.400. The van der Waals surface area contributed by atoms with Crippen LogP contribution in [0.5, 0.6) is 0 Å². The summed E-state index contributed by atoms with van der Waals surface area (Å²) >= 11 is -0.826. The minimum absolute atomic E-state index is 0.584. The number of hydrogen-bond donors (Lipinski definition) is 0. The molecule has 0 aromatic heterocycles. The van der Waals surface area contributed by atoms with E-state index in [9.17, 15) is 0 Å². The van der Waals surface area contributed by atoms with E-state index in [1.54, 1.807) is 11.1 Å². The quantitative estimate of drug-likeness (QED) is 0.309. The fourth-order valence-electron chi connectivity index (χ4n) is 3.89. The van der Waals surface area contributed by atoms with Crippen LogP contribution in [-0.4, -0.2) is 9.52 Å². The zero-order valence-corrected chi connectivity index (χ0v) is 19.9. The summed E-state index contributed by atoms with van der Waals surface area (Å²) in [7, 11) is 10.5. The van der Waals surface area contributed by atoms with Crippen LogP contribution < -0.4 is 0 Å². The molecule has 2 aliphatic carbocycles. The Bertz CT molecular complexity index is 709. The van der Waals surface area contributed by atoms with Gasteiger partial charge in [0.25, 0.3) is 0 Å². The second-order valence-electron chi connectivity index (χ2n) is 6.70. The monoisotopic (exact) mass is 475 g/mol. The van der Waals surface area contributed by atoms with Crippen molar-refractivity contribution in [3.8, 4) is 0 Å². The van der Waals surface area contributed by atoms with E-state index in [4.69, 9.17) is 17.0 Å². The predicted octanol–water partition coefficient (Wildman–Crippen LogP) is 7.04. The number of benzene rings is 2. The van der Waals surface area contributed by atoms with Gasteiger partial charge in [-0.25, -0.2) is 0 Å². The standard InChI is InChI=1S/C22H23Si.2ClH.Zr/c1-3-7-21-17(5-1)9-11-19(21)13-15-23-16-14-20-12-10-18-6-2-4-8-22(18)20;;;/h1-12,19-20,23H,13-16H2;2*1H;/q;;;+2/p-2. The molecule has 0 heterocycles. The molecule has 0 nitrogen and oxygen atoms in total. The first-order valence-corrected chi connectivity index (χ1v) is 17.1. The third-order valence-corrected chi connectivity index (χ3v) is 6.65. The van der Waals surface area contributed by atoms with E-state index < -0.39 is 20.8 Å². The average molecular weight is 478 g/mol. The van der Waals surface area contributed by atoms with Crippen molar-refractivity contribution in [2.45, 2.75) is 36.8 Å². The van der Waals surface area contributed by atoms with E-state index in [0.717, 1.165) is 0 Å². The van der Waals surface area contributed by atoms with Gasteiger partial charge < -0.3 is 0 Å². The molecule has 4 rings (SSSR count). The molecule has 0 saturated carbocycles. The molecule has 2 aliphatic rings. The second kappa shape index (κ2) is 10.8. The fraction of sp³-hybridized carbons (Fsp3) is 0.273. The molecule has 0 spiro atoms. The number of halogens is 2. The summed E-state index contributed by atoms with van der Waals surface area (Å²) in [4.78, 5) is 0. The van der Waals surface area contributed by atoms with Gasteiger partial charge in [-0.15, -0.1) is 0 Å². The van der Waals surface area contributed by atoms with Crippen LogP contribution in [-0.2, 0) is 20.8 Å². The van der Waals surface area contributed by atoms with Crippen LogP contribution in [0.15, 0.2) is 60.7 Å². The maximum atomic E-state index is 4.93. The summed E-state index contributed by atoms with van der Waals surface area (Å²) in [5.74, 6) is 1.34. The molecular formula is C22H23Cl2SiZr. The van der Waals surface area contributed by atoms with Gasteiger partial charge in [-0.3, -0.25) is 0 Å². The third kappa shape index (κ3) is 5.32. The molecule has 133 valence electrons. The van der Waals surface area contributed by atoms with E-state index in [1.807, 2.05) is 0 Å². The first-order chi connectivity index (χ1) is 12.8. The van der Waals surface area contributed by atoms with Crippen LogP contribution in [0, 0.1) is 0 Å². The molecule has 0 amide bonds. The van der Waals surface area contributed by atoms with E-state index in [1.165, 1.54) is 36.1 Å². The van der Waals surface area contributed by atoms with Crippen molar-refractivity contribution >= 4 is 38.7 Å². The molecule has 0 fully saturated rings. The van der Waals surface area contributed by atoms with Crippen LogP contribution in [0.4, 0.5) is 0 Å². The van der Waals surface area contributed by atoms with Crippen molar-refractivity contribution in [3.05, 3.63) is 82.9 Å². The van der Waals surface area contributed by atoms with Gasteiger partial charge in [0.2, 0.25) is 0 Å². The molecule has 1 radical (unpaired) electrons. The molecule has 0 aliphatic heterocycles. The summed E-state index contributed by atoms with van der Waals surface area (Å²) in [5, 5.41) is 0. The number of fused-ring (bicyclic) bond motifs is 2. The van der Waals surface area contributed by atoms with Crippen LogP contribution >= 0.6 is 17.0 Å². The van der Waals surface area contributed by atoms with Crippen molar-refractivity contribution in [1.29, 1.82) is 0 Å². The third-order valence-electron chi connectivity index (χ3n) is 5.17. The Morgan fingerprint density at radius 2 is 1.15 bits per heavy atom. The minimum atomic E-state index is -0.826. The molecule has 26 heavy (non-hydrogen) atoms. The normalized spacial score (nSPS) is 18.8. The Balaban J connectivity index is 0.000000613. The van der Waals surface area contributed by atoms with Crippen LogP contribution in [0.3, 0.4) is 0 Å². The summed E-state index contributed by atoms with van der Waals surface area (Å²) in [5.41, 5.74) is 5.94. The Morgan fingerprint density at radius 3 is 1.62 bits per heavy atom. The zero-order valence-electron chi connectivity index (χ0n) is 14.7. The van der Waals surface area contributed by atoms with E-state index in [0.29, 0.717) is 21.4 Å². The number of rotatable bonds is 6. The van der Waals surface area contributed by atoms with Crippen LogP contribution in [0.25, 0.3) is 12.2 Å².